The summed E-state index contributed by atoms with van der Waals surface area (Å²) >= 11 is 6.65. The molecule has 12 heteroatoms. The summed E-state index contributed by atoms with van der Waals surface area (Å²) < 4.78 is 23.1. The topological polar surface area (TPSA) is 146 Å². The number of carbonyl (C=O) groups is 5. The van der Waals surface area contributed by atoms with Crippen LogP contribution in [0, 0.1) is 40.4 Å². The van der Waals surface area contributed by atoms with Crippen LogP contribution in [-0.2, 0) is 42.9 Å². The number of fused-ring (bicyclic) bond motifs is 5. The molecule has 9 atom stereocenters. The second-order valence-electron chi connectivity index (χ2n) is 18.7. The first-order valence-electron chi connectivity index (χ1n) is 22.7. The first kappa shape index (κ1) is 46.3. The molecule has 2 aromatic carbocycles. The monoisotopic (exact) mass is 882 g/mol. The number of Topliss-reactive ketones (excluding diaryl/α,β-unsaturated/α-hetero) is 1. The molecule has 4 saturated carbocycles. The van der Waals surface area contributed by atoms with Gasteiger partial charge in [-0.15, -0.1) is 0 Å². The van der Waals surface area contributed by atoms with E-state index in [1.807, 2.05) is 37.3 Å². The van der Waals surface area contributed by atoms with Crippen LogP contribution in [0.25, 0.3) is 5.57 Å². The van der Waals surface area contributed by atoms with E-state index in [0.717, 1.165) is 62.5 Å². The van der Waals surface area contributed by atoms with Crippen LogP contribution in [-0.4, -0.2) is 69.2 Å². The van der Waals surface area contributed by atoms with Crippen molar-refractivity contribution in [2.24, 2.45) is 40.4 Å². The fraction of sp³-hybridized carbons (Fsp3) is 0.549. The number of amides is 1. The number of rotatable bonds is 14. The molecule has 1 aliphatic heterocycles. The average Bonchev–Trinajstić information content (AvgIpc) is 3.60. The number of halogens is 1. The molecule has 1 amide bonds. The van der Waals surface area contributed by atoms with E-state index in [1.165, 1.54) is 7.11 Å². The maximum Gasteiger partial charge on any atom is 0.336 e. The number of benzene rings is 2. The second kappa shape index (κ2) is 19.6. The summed E-state index contributed by atoms with van der Waals surface area (Å²) in [6.45, 7) is 10.2. The number of hydrogen-bond acceptors (Lipinski definition) is 10. The van der Waals surface area contributed by atoms with E-state index in [1.54, 1.807) is 44.2 Å². The first-order valence-corrected chi connectivity index (χ1v) is 23.1. The van der Waals surface area contributed by atoms with Gasteiger partial charge in [0, 0.05) is 35.5 Å². The van der Waals surface area contributed by atoms with Crippen molar-refractivity contribution in [2.75, 3.05) is 33.5 Å². The number of esters is 3. The summed E-state index contributed by atoms with van der Waals surface area (Å²) in [6.07, 6.45) is 9.79. The van der Waals surface area contributed by atoms with Gasteiger partial charge in [0.05, 0.1) is 49.7 Å². The highest BCUT2D eigenvalue weighted by Crippen LogP contribution is 2.66. The van der Waals surface area contributed by atoms with Crippen molar-refractivity contribution in [3.05, 3.63) is 99.4 Å². The Balaban J connectivity index is 1.04. The molecular weight excluding hydrogens is 820 g/mol. The number of methoxy groups -OCH3 is 1. The Morgan fingerprint density at radius 1 is 0.921 bits per heavy atom. The van der Waals surface area contributed by atoms with Gasteiger partial charge in [0.2, 0.25) is 5.91 Å². The minimum absolute atomic E-state index is 0.0401. The van der Waals surface area contributed by atoms with E-state index in [2.05, 4.69) is 24.5 Å². The predicted molar refractivity (Wildman–Crippen MR) is 240 cm³/mol. The number of ketones is 1. The minimum atomic E-state index is -1.20. The zero-order valence-electron chi connectivity index (χ0n) is 37.6. The van der Waals surface area contributed by atoms with Crippen molar-refractivity contribution in [3.8, 4) is 0 Å². The van der Waals surface area contributed by atoms with Crippen molar-refractivity contribution in [1.29, 1.82) is 0 Å². The Labute approximate surface area is 376 Å². The average molecular weight is 884 g/mol. The highest BCUT2D eigenvalue weighted by molar-refractivity contribution is 6.31. The van der Waals surface area contributed by atoms with Crippen LogP contribution < -0.4 is 10.6 Å². The van der Waals surface area contributed by atoms with Crippen LogP contribution in [0.3, 0.4) is 0 Å². The Morgan fingerprint density at radius 2 is 1.65 bits per heavy atom. The number of allylic oxidation sites excluding steroid dienone is 2. The van der Waals surface area contributed by atoms with Gasteiger partial charge in [-0.25, -0.2) is 9.59 Å². The molecule has 0 saturated heterocycles. The lowest BCUT2D eigenvalue weighted by molar-refractivity contribution is -0.168. The molecule has 2 unspecified atom stereocenters. The van der Waals surface area contributed by atoms with E-state index in [4.69, 9.17) is 30.5 Å². The fourth-order valence-electron chi connectivity index (χ4n) is 12.1. The SMILES string of the molecule is CCOC(=O)C1=C(COCCNC(=O)C(/C=C(\C)c2ccccc2)C(=O)O[C@H]2CC[C@H]3[C@@H]4CC[C@H]5CC(=O)CC[C@]5(C)[C@H]4CC[C@]23C)NC(C)=C(C(=O)OC)C1c1ccccc1Cl. The van der Waals surface area contributed by atoms with Crippen molar-refractivity contribution in [1.82, 2.24) is 10.6 Å². The molecular formula is C51H63ClN2O9. The molecule has 0 radical (unpaired) electrons. The van der Waals surface area contributed by atoms with Gasteiger partial charge < -0.3 is 29.6 Å². The van der Waals surface area contributed by atoms with Gasteiger partial charge in [-0.05, 0) is 118 Å². The van der Waals surface area contributed by atoms with Gasteiger partial charge in [0.15, 0.2) is 5.92 Å². The van der Waals surface area contributed by atoms with E-state index >= 15 is 0 Å². The molecule has 0 bridgehead atoms. The van der Waals surface area contributed by atoms with Gasteiger partial charge in [-0.3, -0.25) is 14.4 Å². The zero-order valence-corrected chi connectivity index (χ0v) is 38.3. The Hall–Kier alpha value is -4.74. The van der Waals surface area contributed by atoms with Crippen LogP contribution in [0.4, 0.5) is 0 Å². The standard InChI is InChI=1S/C51H63ClN2O9/c1-7-62-49(59)45-41(54-31(3)43(48(58)60-6)44(45)36-15-11-12-16-40(36)52)29-61-26-25-53-46(56)37(27-30(2)32-13-9-8-10-14-32)47(57)63-42-20-19-38-35-18-17-33-28-34(55)21-23-50(33,4)39(35)22-24-51(38,42)5/h8-16,27,33,35,37-39,42,44,54H,7,17-26,28-29H2,1-6H3,(H,53,56)/b30-27+/t33-,35-,37?,38-,39-,42-,44?,50-,51-/m0/s1. The normalized spacial score (nSPS) is 29.7. The molecule has 63 heavy (non-hydrogen) atoms. The zero-order chi connectivity index (χ0) is 45.1. The van der Waals surface area contributed by atoms with Gasteiger partial charge in [0.25, 0.3) is 0 Å². The lowest BCUT2D eigenvalue weighted by Crippen LogP contribution is -2.54. The fourth-order valence-corrected chi connectivity index (χ4v) is 12.3. The number of dihydropyridines is 1. The molecule has 4 fully saturated rings. The molecule has 11 nitrogen and oxygen atoms in total. The summed E-state index contributed by atoms with van der Waals surface area (Å²) in [5, 5.41) is 6.43. The van der Waals surface area contributed by atoms with Gasteiger partial charge in [0.1, 0.15) is 11.9 Å². The van der Waals surface area contributed by atoms with Crippen molar-refractivity contribution in [3.63, 3.8) is 0 Å². The lowest BCUT2D eigenvalue weighted by Gasteiger charge is -2.60. The molecule has 2 aromatic rings. The molecule has 5 aliphatic rings. The number of ether oxygens (including phenoxy) is 4. The molecule has 4 aliphatic carbocycles. The van der Waals surface area contributed by atoms with E-state index in [-0.39, 0.29) is 54.4 Å². The number of nitrogens with one attached hydrogen (secondary N) is 2. The van der Waals surface area contributed by atoms with Crippen LogP contribution in [0.15, 0.2) is 83.2 Å². The Morgan fingerprint density at radius 3 is 2.38 bits per heavy atom. The molecule has 0 aromatic heterocycles. The van der Waals surface area contributed by atoms with Gasteiger partial charge in [-0.1, -0.05) is 80.1 Å². The molecule has 7 rings (SSSR count). The van der Waals surface area contributed by atoms with Crippen molar-refractivity contribution in [2.45, 2.75) is 104 Å². The second-order valence-corrected chi connectivity index (χ2v) is 19.1. The van der Waals surface area contributed by atoms with E-state index in [0.29, 0.717) is 57.9 Å². The molecule has 1 heterocycles. The van der Waals surface area contributed by atoms with Crippen LogP contribution in [0.2, 0.25) is 5.02 Å². The highest BCUT2D eigenvalue weighted by atomic mass is 35.5. The maximum absolute atomic E-state index is 14.3. The summed E-state index contributed by atoms with van der Waals surface area (Å²) in [5.41, 5.74) is 3.43. The largest absolute Gasteiger partial charge is 0.466 e. The quantitative estimate of drug-likeness (QED) is 0.0818. The third-order valence-corrected chi connectivity index (χ3v) is 15.7. The van der Waals surface area contributed by atoms with Gasteiger partial charge >= 0.3 is 17.9 Å². The van der Waals surface area contributed by atoms with Crippen LogP contribution in [0.5, 0.6) is 0 Å². The minimum Gasteiger partial charge on any atom is -0.466 e. The molecule has 338 valence electrons. The maximum atomic E-state index is 14.3. The first-order chi connectivity index (χ1) is 30.2. The van der Waals surface area contributed by atoms with E-state index in [9.17, 15) is 24.0 Å². The van der Waals surface area contributed by atoms with E-state index < -0.39 is 35.7 Å². The van der Waals surface area contributed by atoms with Crippen LogP contribution >= 0.6 is 11.6 Å². The number of hydrogen-bond donors (Lipinski definition) is 2. The Kier molecular flexibility index (Phi) is 14.4. The summed E-state index contributed by atoms with van der Waals surface area (Å²) in [6, 6.07) is 16.6. The third kappa shape index (κ3) is 9.28. The van der Waals surface area contributed by atoms with Crippen LogP contribution in [0.1, 0.15) is 109 Å². The number of carbonyl (C=O) groups excluding carboxylic acids is 5. The van der Waals surface area contributed by atoms with Crippen molar-refractivity contribution < 1.29 is 42.9 Å². The summed E-state index contributed by atoms with van der Waals surface area (Å²) in [5.74, 6) is -1.97. The summed E-state index contributed by atoms with van der Waals surface area (Å²) in [7, 11) is 1.28. The molecule has 2 N–H and O–H groups in total. The lowest BCUT2D eigenvalue weighted by atomic mass is 9.45. The van der Waals surface area contributed by atoms with Gasteiger partial charge in [-0.2, -0.15) is 0 Å². The smallest absolute Gasteiger partial charge is 0.336 e. The third-order valence-electron chi connectivity index (χ3n) is 15.4. The predicted octanol–water partition coefficient (Wildman–Crippen LogP) is 8.67. The molecule has 0 spiro atoms. The summed E-state index contributed by atoms with van der Waals surface area (Å²) in [4.78, 5) is 67.6. The Bertz CT molecular complexity index is 2180. The van der Waals surface area contributed by atoms with Crippen molar-refractivity contribution >= 4 is 46.8 Å². The highest BCUT2D eigenvalue weighted by Gasteiger charge is 2.61.